The van der Waals surface area contributed by atoms with Crippen molar-refractivity contribution in [3.05, 3.63) is 17.8 Å². The monoisotopic (exact) mass is 232 g/mol. The second-order valence-corrected chi connectivity index (χ2v) is 4.48. The highest BCUT2D eigenvalue weighted by atomic mass is 15.2. The summed E-state index contributed by atoms with van der Waals surface area (Å²) in [5.41, 5.74) is 8.74. The molecule has 0 aliphatic heterocycles. The van der Waals surface area contributed by atoms with Crippen molar-refractivity contribution < 1.29 is 0 Å². The van der Waals surface area contributed by atoms with Crippen LogP contribution in [0.5, 0.6) is 0 Å². The van der Waals surface area contributed by atoms with Crippen LogP contribution >= 0.6 is 0 Å². The molecule has 0 saturated carbocycles. The number of rotatable bonds is 5. The van der Waals surface area contributed by atoms with Crippen LogP contribution in [0.15, 0.2) is 12.1 Å². The van der Waals surface area contributed by atoms with E-state index in [4.69, 9.17) is 5.73 Å². The Bertz CT molecular complexity index is 501. The molecule has 2 rings (SSSR count). The molecule has 92 valence electrons. The van der Waals surface area contributed by atoms with Crippen LogP contribution < -0.4 is 5.73 Å². The number of imidazole rings is 1. The van der Waals surface area contributed by atoms with E-state index < -0.39 is 0 Å². The van der Waals surface area contributed by atoms with Crippen LogP contribution in [0.4, 0.5) is 5.95 Å². The van der Waals surface area contributed by atoms with Gasteiger partial charge in [0, 0.05) is 12.2 Å². The molecule has 4 heteroatoms. The summed E-state index contributed by atoms with van der Waals surface area (Å²) >= 11 is 0. The molecular weight excluding hydrogens is 212 g/mol. The number of pyridine rings is 1. The molecular formula is C13H20N4. The lowest BCUT2D eigenvalue weighted by atomic mass is 10.2. The van der Waals surface area contributed by atoms with E-state index in [1.165, 1.54) is 19.3 Å². The highest BCUT2D eigenvalue weighted by Gasteiger charge is 2.08. The molecule has 17 heavy (non-hydrogen) atoms. The maximum absolute atomic E-state index is 5.93. The van der Waals surface area contributed by atoms with E-state index in [-0.39, 0.29) is 0 Å². The number of fused-ring (bicyclic) bond motifs is 1. The molecule has 2 N–H and O–H groups in total. The SMILES string of the molecule is CCCCCCn1c(N)nc2ccc(C)nc21. The molecule has 0 amide bonds. The molecule has 0 unspecified atom stereocenters. The van der Waals surface area contributed by atoms with Crippen molar-refractivity contribution in [1.82, 2.24) is 14.5 Å². The van der Waals surface area contributed by atoms with Crippen molar-refractivity contribution in [3.8, 4) is 0 Å². The van der Waals surface area contributed by atoms with Crippen LogP contribution in [-0.2, 0) is 6.54 Å². The number of anilines is 1. The second kappa shape index (κ2) is 5.17. The third-order valence-corrected chi connectivity index (χ3v) is 3.00. The third-order valence-electron chi connectivity index (χ3n) is 3.00. The van der Waals surface area contributed by atoms with E-state index in [2.05, 4.69) is 16.9 Å². The zero-order valence-corrected chi connectivity index (χ0v) is 10.6. The van der Waals surface area contributed by atoms with E-state index in [0.29, 0.717) is 5.95 Å². The number of unbranched alkanes of at least 4 members (excludes halogenated alkanes) is 3. The number of hydrogen-bond donors (Lipinski definition) is 1. The molecule has 0 aliphatic rings. The summed E-state index contributed by atoms with van der Waals surface area (Å²) in [6.45, 7) is 5.12. The van der Waals surface area contributed by atoms with Crippen LogP contribution in [0.2, 0.25) is 0 Å². The van der Waals surface area contributed by atoms with Gasteiger partial charge in [-0.3, -0.25) is 4.57 Å². The van der Waals surface area contributed by atoms with Crippen molar-refractivity contribution in [1.29, 1.82) is 0 Å². The van der Waals surface area contributed by atoms with Crippen LogP contribution in [-0.4, -0.2) is 14.5 Å². The predicted octanol–water partition coefficient (Wildman–Crippen LogP) is 2.90. The van der Waals surface area contributed by atoms with Gasteiger partial charge in [0.15, 0.2) is 5.65 Å². The first kappa shape index (κ1) is 11.9. The van der Waals surface area contributed by atoms with Crippen molar-refractivity contribution in [3.63, 3.8) is 0 Å². The number of nitrogens with zero attached hydrogens (tertiary/aromatic N) is 3. The molecule has 2 aromatic rings. The minimum atomic E-state index is 0.578. The predicted molar refractivity (Wildman–Crippen MR) is 70.8 cm³/mol. The molecule has 0 radical (unpaired) electrons. The Labute approximate surface area is 102 Å². The maximum Gasteiger partial charge on any atom is 0.202 e. The minimum absolute atomic E-state index is 0.578. The van der Waals surface area contributed by atoms with E-state index in [0.717, 1.165) is 29.8 Å². The number of nitrogens with two attached hydrogens (primary N) is 1. The van der Waals surface area contributed by atoms with Crippen molar-refractivity contribution in [2.45, 2.75) is 46.1 Å². The lowest BCUT2D eigenvalue weighted by molar-refractivity contribution is 0.593. The Hall–Kier alpha value is -1.58. The first-order valence-electron chi connectivity index (χ1n) is 6.31. The fourth-order valence-corrected chi connectivity index (χ4v) is 2.03. The van der Waals surface area contributed by atoms with Gasteiger partial charge in [0.2, 0.25) is 5.95 Å². The number of nitrogen functional groups attached to an aromatic ring is 1. The molecule has 0 bridgehead atoms. The topological polar surface area (TPSA) is 56.7 Å². The van der Waals surface area contributed by atoms with E-state index >= 15 is 0 Å². The molecule has 0 fully saturated rings. The first-order chi connectivity index (χ1) is 8.22. The van der Waals surface area contributed by atoms with Crippen molar-refractivity contribution in [2.24, 2.45) is 0 Å². The summed E-state index contributed by atoms with van der Waals surface area (Å²) in [4.78, 5) is 8.85. The average molecular weight is 232 g/mol. The van der Waals surface area contributed by atoms with E-state index in [1.807, 2.05) is 23.6 Å². The molecule has 0 saturated heterocycles. The maximum atomic E-state index is 5.93. The zero-order valence-electron chi connectivity index (χ0n) is 10.6. The van der Waals surface area contributed by atoms with Crippen LogP contribution in [0.1, 0.15) is 38.3 Å². The zero-order chi connectivity index (χ0) is 12.3. The summed E-state index contributed by atoms with van der Waals surface area (Å²) in [7, 11) is 0. The Morgan fingerprint density at radius 2 is 2.00 bits per heavy atom. The van der Waals surface area contributed by atoms with Crippen LogP contribution in [0.3, 0.4) is 0 Å². The molecule has 4 nitrogen and oxygen atoms in total. The summed E-state index contributed by atoms with van der Waals surface area (Å²) in [5.74, 6) is 0.578. The van der Waals surface area contributed by atoms with Gasteiger partial charge >= 0.3 is 0 Å². The number of hydrogen-bond acceptors (Lipinski definition) is 3. The Balaban J connectivity index is 2.20. The van der Waals surface area contributed by atoms with Gasteiger partial charge in [-0.15, -0.1) is 0 Å². The van der Waals surface area contributed by atoms with Gasteiger partial charge in [-0.2, -0.15) is 0 Å². The molecule has 2 heterocycles. The van der Waals surface area contributed by atoms with Gasteiger partial charge in [-0.1, -0.05) is 26.2 Å². The summed E-state index contributed by atoms with van der Waals surface area (Å²) in [6, 6.07) is 3.95. The summed E-state index contributed by atoms with van der Waals surface area (Å²) in [5, 5.41) is 0. The van der Waals surface area contributed by atoms with Gasteiger partial charge in [0.25, 0.3) is 0 Å². The lowest BCUT2D eigenvalue weighted by Gasteiger charge is -2.05. The van der Waals surface area contributed by atoms with Gasteiger partial charge in [0.1, 0.15) is 5.52 Å². The van der Waals surface area contributed by atoms with Gasteiger partial charge in [-0.05, 0) is 25.5 Å². The normalized spacial score (nSPS) is 11.2. The fourth-order valence-electron chi connectivity index (χ4n) is 2.03. The standard InChI is InChI=1S/C13H20N4/c1-3-4-5-6-9-17-12-11(16-13(17)14)8-7-10(2)15-12/h7-8H,3-6,9H2,1-2H3,(H2,14,16). The smallest absolute Gasteiger partial charge is 0.202 e. The molecule has 0 aromatic carbocycles. The molecule has 0 spiro atoms. The van der Waals surface area contributed by atoms with Crippen LogP contribution in [0.25, 0.3) is 11.2 Å². The van der Waals surface area contributed by atoms with Crippen LogP contribution in [0, 0.1) is 6.92 Å². The number of aromatic nitrogens is 3. The lowest BCUT2D eigenvalue weighted by Crippen LogP contribution is -2.04. The van der Waals surface area contributed by atoms with E-state index in [9.17, 15) is 0 Å². The molecule has 2 aromatic heterocycles. The van der Waals surface area contributed by atoms with Crippen molar-refractivity contribution >= 4 is 17.1 Å². The third kappa shape index (κ3) is 2.57. The van der Waals surface area contributed by atoms with E-state index in [1.54, 1.807) is 0 Å². The Morgan fingerprint density at radius 1 is 1.18 bits per heavy atom. The largest absolute Gasteiger partial charge is 0.369 e. The fraction of sp³-hybridized carbons (Fsp3) is 0.538. The molecule has 0 atom stereocenters. The second-order valence-electron chi connectivity index (χ2n) is 4.48. The Morgan fingerprint density at radius 3 is 2.76 bits per heavy atom. The number of aryl methyl sites for hydroxylation is 2. The van der Waals surface area contributed by atoms with Gasteiger partial charge in [-0.25, -0.2) is 9.97 Å². The summed E-state index contributed by atoms with van der Waals surface area (Å²) in [6.07, 6.45) is 4.90. The Kier molecular flexibility index (Phi) is 3.61. The molecule has 0 aliphatic carbocycles. The summed E-state index contributed by atoms with van der Waals surface area (Å²) < 4.78 is 2.03. The van der Waals surface area contributed by atoms with Crippen molar-refractivity contribution in [2.75, 3.05) is 5.73 Å². The highest BCUT2D eigenvalue weighted by molar-refractivity contribution is 5.74. The quantitative estimate of drug-likeness (QED) is 0.806. The first-order valence-corrected chi connectivity index (χ1v) is 6.31. The minimum Gasteiger partial charge on any atom is -0.369 e. The van der Waals surface area contributed by atoms with Gasteiger partial charge < -0.3 is 5.73 Å². The highest BCUT2D eigenvalue weighted by Crippen LogP contribution is 2.17. The average Bonchev–Trinajstić information content (AvgIpc) is 2.61. The van der Waals surface area contributed by atoms with Gasteiger partial charge in [0.05, 0.1) is 0 Å².